The SMILES string of the molecule is Cn1ncc2ccc(F)c(-c3c(F)c4c5c(nc(Cl)nc5c3F)N3C[C@H]5CC[C@@H]([C@H]3CO4)N5C(=O)OC(C)(C)C)c21. The van der Waals surface area contributed by atoms with Crippen LogP contribution in [-0.4, -0.2) is 67.6 Å². The second-order valence-corrected chi connectivity index (χ2v) is 12.1. The topological polar surface area (TPSA) is 85.6 Å². The highest BCUT2D eigenvalue weighted by molar-refractivity contribution is 6.29. The zero-order valence-corrected chi connectivity index (χ0v) is 23.5. The van der Waals surface area contributed by atoms with Crippen LogP contribution in [0.25, 0.3) is 32.9 Å². The third kappa shape index (κ3) is 3.83. The number of ether oxygens (including phenoxy) is 2. The maximum absolute atomic E-state index is 16.5. The van der Waals surface area contributed by atoms with E-state index >= 15 is 13.2 Å². The lowest BCUT2D eigenvalue weighted by Crippen LogP contribution is -2.63. The molecule has 3 atom stereocenters. The van der Waals surface area contributed by atoms with Gasteiger partial charge in [0.05, 0.1) is 40.8 Å². The summed E-state index contributed by atoms with van der Waals surface area (Å²) in [6.07, 6.45) is 2.45. The Labute approximate surface area is 237 Å². The first-order valence-corrected chi connectivity index (χ1v) is 13.7. The fraction of sp³-hybridized carbons (Fsp3) is 0.429. The predicted molar refractivity (Wildman–Crippen MR) is 146 cm³/mol. The number of aryl methyl sites for hydroxylation is 1. The minimum Gasteiger partial charge on any atom is -0.487 e. The van der Waals surface area contributed by atoms with E-state index in [0.29, 0.717) is 18.4 Å². The normalized spacial score (nSPS) is 21.7. The monoisotopic (exact) mass is 586 g/mol. The van der Waals surface area contributed by atoms with Crippen molar-refractivity contribution < 1.29 is 27.4 Å². The van der Waals surface area contributed by atoms with Gasteiger partial charge in [0.25, 0.3) is 0 Å². The van der Waals surface area contributed by atoms with Crippen LogP contribution in [-0.2, 0) is 11.8 Å². The Morgan fingerprint density at radius 1 is 1.10 bits per heavy atom. The number of anilines is 1. The second kappa shape index (κ2) is 8.85. The average molecular weight is 587 g/mol. The number of nitrogens with zero attached hydrogens (tertiary/aromatic N) is 6. The lowest BCUT2D eigenvalue weighted by molar-refractivity contribution is 0.00539. The van der Waals surface area contributed by atoms with Gasteiger partial charge in [-0.25, -0.2) is 22.9 Å². The summed E-state index contributed by atoms with van der Waals surface area (Å²) in [5, 5.41) is 4.40. The largest absolute Gasteiger partial charge is 0.487 e. The number of carbonyl (C=O) groups is 1. The van der Waals surface area contributed by atoms with Crippen molar-refractivity contribution in [1.29, 1.82) is 0 Å². The summed E-state index contributed by atoms with van der Waals surface area (Å²) in [7, 11) is 1.56. The standard InChI is InChI=1S/C28H26ClF3N6O3/c1-28(2,3)41-27(39)38-13-6-8-15(38)16-11-40-24-19-22(34-26(29)35-25(19)37(16)10-13)20(31)18(21(24)32)17-14(30)7-5-12-9-33-36(4)23(12)17/h5,7,9,13,15-16H,6,8,10-11H2,1-4H3/t13-,15+,16-/m1/s1. The number of hydrogen-bond acceptors (Lipinski definition) is 7. The lowest BCUT2D eigenvalue weighted by atomic mass is 9.98. The van der Waals surface area contributed by atoms with Gasteiger partial charge in [-0.05, 0) is 57.3 Å². The van der Waals surface area contributed by atoms with Gasteiger partial charge >= 0.3 is 6.09 Å². The van der Waals surface area contributed by atoms with E-state index in [1.54, 1.807) is 32.7 Å². The van der Waals surface area contributed by atoms with Crippen molar-refractivity contribution in [3.05, 3.63) is 41.1 Å². The third-order valence-corrected chi connectivity index (χ3v) is 8.28. The number of hydrogen-bond donors (Lipinski definition) is 0. The number of amides is 1. The van der Waals surface area contributed by atoms with Gasteiger partial charge in [0.2, 0.25) is 5.28 Å². The van der Waals surface area contributed by atoms with Crippen molar-refractivity contribution >= 4 is 45.3 Å². The maximum Gasteiger partial charge on any atom is 0.410 e. The second-order valence-electron chi connectivity index (χ2n) is 11.7. The molecule has 0 spiro atoms. The van der Waals surface area contributed by atoms with Gasteiger partial charge in [-0.3, -0.25) is 9.58 Å². The fourth-order valence-electron chi connectivity index (χ4n) is 6.52. The Bertz CT molecular complexity index is 1770. The van der Waals surface area contributed by atoms with Crippen molar-refractivity contribution in [2.75, 3.05) is 18.1 Å². The molecule has 2 aromatic heterocycles. The van der Waals surface area contributed by atoms with Crippen LogP contribution < -0.4 is 9.64 Å². The maximum atomic E-state index is 16.5. The van der Waals surface area contributed by atoms with Crippen LogP contribution in [0, 0.1) is 17.5 Å². The molecule has 2 saturated heterocycles. The molecule has 214 valence electrons. The molecule has 2 aromatic carbocycles. The molecular formula is C28H26ClF3N6O3. The quantitative estimate of drug-likeness (QED) is 0.268. The van der Waals surface area contributed by atoms with Crippen LogP contribution in [0.1, 0.15) is 33.6 Å². The number of piperazine rings is 1. The van der Waals surface area contributed by atoms with E-state index in [9.17, 15) is 4.79 Å². The minimum atomic E-state index is -1.09. The van der Waals surface area contributed by atoms with Crippen LogP contribution in [0.2, 0.25) is 5.28 Å². The number of rotatable bonds is 1. The Morgan fingerprint density at radius 3 is 2.63 bits per heavy atom. The van der Waals surface area contributed by atoms with E-state index in [-0.39, 0.29) is 57.5 Å². The molecule has 3 aliphatic rings. The Kier molecular flexibility index (Phi) is 5.64. The van der Waals surface area contributed by atoms with Gasteiger partial charge in [0.1, 0.15) is 29.4 Å². The smallest absolute Gasteiger partial charge is 0.410 e. The first-order valence-electron chi connectivity index (χ1n) is 13.3. The summed E-state index contributed by atoms with van der Waals surface area (Å²) < 4.78 is 61.4. The van der Waals surface area contributed by atoms with Crippen LogP contribution in [0.4, 0.5) is 23.8 Å². The average Bonchev–Trinajstić information content (AvgIpc) is 3.38. The van der Waals surface area contributed by atoms with E-state index in [2.05, 4.69) is 15.1 Å². The first-order chi connectivity index (χ1) is 19.4. The van der Waals surface area contributed by atoms with Gasteiger partial charge in [0.15, 0.2) is 17.4 Å². The molecule has 0 radical (unpaired) electrons. The zero-order valence-electron chi connectivity index (χ0n) is 22.7. The molecule has 2 bridgehead atoms. The molecular weight excluding hydrogens is 561 g/mol. The molecule has 0 aliphatic carbocycles. The van der Waals surface area contributed by atoms with Gasteiger partial charge in [-0.1, -0.05) is 0 Å². The highest BCUT2D eigenvalue weighted by Gasteiger charge is 2.52. The molecule has 7 rings (SSSR count). The molecule has 41 heavy (non-hydrogen) atoms. The Hall–Kier alpha value is -3.80. The lowest BCUT2D eigenvalue weighted by Gasteiger charge is -2.46. The van der Waals surface area contributed by atoms with Crippen LogP contribution in [0.5, 0.6) is 5.75 Å². The highest BCUT2D eigenvalue weighted by atomic mass is 35.5. The summed E-state index contributed by atoms with van der Waals surface area (Å²) in [4.78, 5) is 25.3. The minimum absolute atomic E-state index is 0.0124. The van der Waals surface area contributed by atoms with E-state index in [1.807, 2.05) is 4.90 Å². The number of aromatic nitrogens is 4. The van der Waals surface area contributed by atoms with Crippen LogP contribution in [0.3, 0.4) is 0 Å². The summed E-state index contributed by atoms with van der Waals surface area (Å²) >= 11 is 6.33. The Morgan fingerprint density at radius 2 is 1.88 bits per heavy atom. The molecule has 5 heterocycles. The third-order valence-electron chi connectivity index (χ3n) is 8.11. The number of halogens is 4. The summed E-state index contributed by atoms with van der Waals surface area (Å²) in [5.41, 5.74) is -1.68. The summed E-state index contributed by atoms with van der Waals surface area (Å²) in [6, 6.07) is 1.65. The number of carbonyl (C=O) groups excluding carboxylic acids is 1. The van der Waals surface area contributed by atoms with Gasteiger partial charge in [-0.15, -0.1) is 0 Å². The summed E-state index contributed by atoms with van der Waals surface area (Å²) in [5.74, 6) is -3.08. The Balaban J connectivity index is 1.42. The van der Waals surface area contributed by atoms with E-state index in [1.165, 1.54) is 16.9 Å². The molecule has 13 heteroatoms. The van der Waals surface area contributed by atoms with E-state index in [4.69, 9.17) is 21.1 Å². The van der Waals surface area contributed by atoms with Crippen molar-refractivity contribution in [3.8, 4) is 16.9 Å². The number of fused-ring (bicyclic) bond motifs is 6. The van der Waals surface area contributed by atoms with Crippen molar-refractivity contribution in [3.63, 3.8) is 0 Å². The van der Waals surface area contributed by atoms with Crippen molar-refractivity contribution in [1.82, 2.24) is 24.6 Å². The molecule has 0 N–H and O–H groups in total. The van der Waals surface area contributed by atoms with Gasteiger partial charge in [0, 0.05) is 24.5 Å². The van der Waals surface area contributed by atoms with Crippen LogP contribution >= 0.6 is 11.6 Å². The zero-order chi connectivity index (χ0) is 29.0. The number of benzene rings is 2. The van der Waals surface area contributed by atoms with Crippen molar-refractivity contribution in [2.24, 2.45) is 7.05 Å². The van der Waals surface area contributed by atoms with Gasteiger partial charge in [-0.2, -0.15) is 10.1 Å². The van der Waals surface area contributed by atoms with E-state index in [0.717, 1.165) is 12.5 Å². The molecule has 0 unspecified atom stereocenters. The predicted octanol–water partition coefficient (Wildman–Crippen LogP) is 5.60. The fourth-order valence-corrected chi connectivity index (χ4v) is 6.69. The summed E-state index contributed by atoms with van der Waals surface area (Å²) in [6.45, 7) is 5.70. The van der Waals surface area contributed by atoms with Gasteiger partial charge < -0.3 is 14.4 Å². The van der Waals surface area contributed by atoms with Crippen molar-refractivity contribution in [2.45, 2.75) is 57.3 Å². The molecule has 2 fully saturated rings. The molecule has 4 aromatic rings. The molecule has 3 aliphatic heterocycles. The molecule has 1 amide bonds. The first kappa shape index (κ1) is 26.1. The van der Waals surface area contributed by atoms with E-state index < -0.39 is 40.8 Å². The highest BCUT2D eigenvalue weighted by Crippen LogP contribution is 2.48. The molecule has 9 nitrogen and oxygen atoms in total. The van der Waals surface area contributed by atoms with Crippen LogP contribution in [0.15, 0.2) is 18.3 Å². The molecule has 0 saturated carbocycles.